The number of carbonyl (C=O) groups is 1. The van der Waals surface area contributed by atoms with Crippen LogP contribution in [0, 0.1) is 12.8 Å². The molecule has 1 aromatic heterocycles. The number of aromatic nitrogens is 1. The topological polar surface area (TPSA) is 87.4 Å². The van der Waals surface area contributed by atoms with Gasteiger partial charge in [-0.2, -0.15) is 0 Å². The second-order valence-corrected chi connectivity index (χ2v) is 7.11. The predicted molar refractivity (Wildman–Crippen MR) is 98.4 cm³/mol. The number of oxazole rings is 1. The van der Waals surface area contributed by atoms with Crippen LogP contribution in [-0.2, 0) is 0 Å². The molecule has 0 aliphatic rings. The highest BCUT2D eigenvalue weighted by atomic mass is 16.3. The fourth-order valence-corrected chi connectivity index (χ4v) is 2.35. The maximum atomic E-state index is 12.1. The summed E-state index contributed by atoms with van der Waals surface area (Å²) in [6.07, 6.45) is 3.14. The van der Waals surface area contributed by atoms with Gasteiger partial charge in [0.05, 0.1) is 11.3 Å². The van der Waals surface area contributed by atoms with Crippen LogP contribution < -0.4 is 10.6 Å². The molecule has 3 N–H and O–H groups in total. The summed E-state index contributed by atoms with van der Waals surface area (Å²) < 4.78 is 5.38. The van der Waals surface area contributed by atoms with Crippen LogP contribution in [0.4, 0.5) is 10.5 Å². The summed E-state index contributed by atoms with van der Waals surface area (Å²) in [6.45, 7) is 8.01. The fraction of sp³-hybridized carbons (Fsp3) is 0.474. The molecule has 2 aromatic rings. The molecule has 2 rings (SSSR count). The van der Waals surface area contributed by atoms with Crippen molar-refractivity contribution < 1.29 is 14.3 Å². The van der Waals surface area contributed by atoms with Gasteiger partial charge in [-0.3, -0.25) is 0 Å². The smallest absolute Gasteiger partial charge is 0.319 e. The average Bonchev–Trinajstić information content (AvgIpc) is 2.98. The number of anilines is 1. The van der Waals surface area contributed by atoms with Gasteiger partial charge >= 0.3 is 6.03 Å². The minimum Gasteiger partial charge on any atom is -0.444 e. The van der Waals surface area contributed by atoms with E-state index in [9.17, 15) is 9.90 Å². The van der Waals surface area contributed by atoms with Crippen molar-refractivity contribution in [2.24, 2.45) is 5.92 Å². The van der Waals surface area contributed by atoms with Gasteiger partial charge in [0.2, 0.25) is 5.89 Å². The predicted octanol–water partition coefficient (Wildman–Crippen LogP) is 3.96. The van der Waals surface area contributed by atoms with Gasteiger partial charge in [0.25, 0.3) is 0 Å². The Hall–Kier alpha value is -2.34. The number of rotatable bonds is 7. The van der Waals surface area contributed by atoms with Crippen LogP contribution in [0.1, 0.15) is 39.3 Å². The highest BCUT2D eigenvalue weighted by Gasteiger charge is 2.21. The summed E-state index contributed by atoms with van der Waals surface area (Å²) in [5.41, 5.74) is 1.30. The van der Waals surface area contributed by atoms with Crippen molar-refractivity contribution in [2.45, 2.75) is 46.1 Å². The van der Waals surface area contributed by atoms with Gasteiger partial charge in [0.15, 0.2) is 0 Å². The van der Waals surface area contributed by atoms with E-state index < -0.39 is 5.60 Å². The first-order valence-corrected chi connectivity index (χ1v) is 8.55. The SMILES string of the molecule is Cc1coc(-c2cccc(NC(=O)NCC(C)(O)CCC(C)C)c2)n1. The number of aryl methyl sites for hydroxylation is 1. The standard InChI is InChI=1S/C19H27N3O3/c1-13(2)8-9-19(4,24)12-20-18(23)22-16-7-5-6-15(10-16)17-21-14(3)11-25-17/h5-7,10-11,13,24H,8-9,12H2,1-4H3,(H2,20,22,23). The van der Waals surface area contributed by atoms with Crippen LogP contribution in [0.5, 0.6) is 0 Å². The summed E-state index contributed by atoms with van der Waals surface area (Å²) in [5.74, 6) is 1.03. The molecule has 1 heterocycles. The number of nitrogens with one attached hydrogen (secondary N) is 2. The molecule has 2 amide bonds. The lowest BCUT2D eigenvalue weighted by Crippen LogP contribution is -2.42. The molecule has 0 saturated heterocycles. The zero-order chi connectivity index (χ0) is 18.4. The molecule has 0 spiro atoms. The third-order valence-corrected chi connectivity index (χ3v) is 3.88. The van der Waals surface area contributed by atoms with Crippen LogP contribution in [-0.4, -0.2) is 28.3 Å². The average molecular weight is 345 g/mol. The van der Waals surface area contributed by atoms with E-state index in [1.807, 2.05) is 19.1 Å². The minimum absolute atomic E-state index is 0.199. The third-order valence-electron chi connectivity index (χ3n) is 3.88. The van der Waals surface area contributed by atoms with E-state index in [4.69, 9.17) is 4.42 Å². The first-order valence-electron chi connectivity index (χ1n) is 8.55. The quantitative estimate of drug-likeness (QED) is 0.709. The Morgan fingerprint density at radius 2 is 2.16 bits per heavy atom. The van der Waals surface area contributed by atoms with Crippen LogP contribution >= 0.6 is 0 Å². The first kappa shape index (κ1) is 19.0. The summed E-state index contributed by atoms with van der Waals surface area (Å²) in [4.78, 5) is 16.4. The Morgan fingerprint density at radius 1 is 1.40 bits per heavy atom. The van der Waals surface area contributed by atoms with Gasteiger partial charge in [-0.25, -0.2) is 9.78 Å². The molecule has 25 heavy (non-hydrogen) atoms. The molecule has 1 unspecified atom stereocenters. The number of benzene rings is 1. The van der Waals surface area contributed by atoms with Gasteiger partial charge in [0.1, 0.15) is 6.26 Å². The fourth-order valence-electron chi connectivity index (χ4n) is 2.35. The summed E-state index contributed by atoms with van der Waals surface area (Å²) in [6, 6.07) is 6.91. The molecular weight excluding hydrogens is 318 g/mol. The van der Waals surface area contributed by atoms with Crippen molar-refractivity contribution in [3.63, 3.8) is 0 Å². The highest BCUT2D eigenvalue weighted by molar-refractivity contribution is 5.89. The Balaban J connectivity index is 1.90. The van der Waals surface area contributed by atoms with Gasteiger partial charge in [-0.15, -0.1) is 0 Å². The molecule has 0 saturated carbocycles. The second kappa shape index (κ2) is 8.16. The number of urea groups is 1. The van der Waals surface area contributed by atoms with Gasteiger partial charge in [-0.05, 0) is 50.8 Å². The van der Waals surface area contributed by atoms with E-state index in [1.165, 1.54) is 0 Å². The highest BCUT2D eigenvalue weighted by Crippen LogP contribution is 2.22. The molecule has 1 aromatic carbocycles. The van der Waals surface area contributed by atoms with Gasteiger partial charge in [0, 0.05) is 17.8 Å². The molecule has 1 atom stereocenters. The molecule has 0 radical (unpaired) electrons. The number of nitrogens with zero attached hydrogens (tertiary/aromatic N) is 1. The lowest BCUT2D eigenvalue weighted by Gasteiger charge is -2.24. The van der Waals surface area contributed by atoms with Crippen LogP contribution in [0.25, 0.3) is 11.5 Å². The van der Waals surface area contributed by atoms with Crippen molar-refractivity contribution in [1.29, 1.82) is 0 Å². The number of carbonyl (C=O) groups excluding carboxylic acids is 1. The third kappa shape index (κ3) is 6.23. The lowest BCUT2D eigenvalue weighted by atomic mass is 9.95. The Morgan fingerprint density at radius 3 is 2.80 bits per heavy atom. The normalized spacial score (nSPS) is 13.5. The van der Waals surface area contributed by atoms with Gasteiger partial charge in [-0.1, -0.05) is 19.9 Å². The van der Waals surface area contributed by atoms with Crippen molar-refractivity contribution in [3.8, 4) is 11.5 Å². The molecule has 0 aliphatic carbocycles. The van der Waals surface area contributed by atoms with E-state index in [2.05, 4.69) is 29.5 Å². The van der Waals surface area contributed by atoms with Crippen molar-refractivity contribution >= 4 is 11.7 Å². The maximum Gasteiger partial charge on any atom is 0.319 e. The summed E-state index contributed by atoms with van der Waals surface area (Å²) in [5, 5.41) is 15.8. The van der Waals surface area contributed by atoms with E-state index in [0.29, 0.717) is 23.9 Å². The molecule has 6 heteroatoms. The Kier molecular flexibility index (Phi) is 6.20. The van der Waals surface area contributed by atoms with Crippen LogP contribution in [0.3, 0.4) is 0 Å². The van der Waals surface area contributed by atoms with E-state index >= 15 is 0 Å². The minimum atomic E-state index is -0.918. The molecule has 136 valence electrons. The van der Waals surface area contributed by atoms with Gasteiger partial charge < -0.3 is 20.2 Å². The van der Waals surface area contributed by atoms with E-state index in [-0.39, 0.29) is 12.6 Å². The first-order chi connectivity index (χ1) is 11.7. The monoisotopic (exact) mass is 345 g/mol. The number of hydrogen-bond donors (Lipinski definition) is 3. The molecular formula is C19H27N3O3. The summed E-state index contributed by atoms with van der Waals surface area (Å²) in [7, 11) is 0. The van der Waals surface area contributed by atoms with Crippen molar-refractivity contribution in [2.75, 3.05) is 11.9 Å². The van der Waals surface area contributed by atoms with E-state index in [1.54, 1.807) is 25.3 Å². The molecule has 6 nitrogen and oxygen atoms in total. The number of amides is 2. The zero-order valence-electron chi connectivity index (χ0n) is 15.3. The van der Waals surface area contributed by atoms with Crippen LogP contribution in [0.15, 0.2) is 34.9 Å². The lowest BCUT2D eigenvalue weighted by molar-refractivity contribution is 0.0481. The van der Waals surface area contributed by atoms with Crippen molar-refractivity contribution in [3.05, 3.63) is 36.2 Å². The number of aliphatic hydroxyl groups is 1. The van der Waals surface area contributed by atoms with E-state index in [0.717, 1.165) is 17.7 Å². The second-order valence-electron chi connectivity index (χ2n) is 7.11. The largest absolute Gasteiger partial charge is 0.444 e. The molecule has 0 aliphatic heterocycles. The molecule has 0 bridgehead atoms. The Labute approximate surface area is 148 Å². The molecule has 0 fully saturated rings. The zero-order valence-corrected chi connectivity index (χ0v) is 15.3. The summed E-state index contributed by atoms with van der Waals surface area (Å²) >= 11 is 0. The maximum absolute atomic E-state index is 12.1. The Bertz CT molecular complexity index is 707. The van der Waals surface area contributed by atoms with Crippen LogP contribution in [0.2, 0.25) is 0 Å². The van der Waals surface area contributed by atoms with Crippen molar-refractivity contribution in [1.82, 2.24) is 10.3 Å². The number of hydrogen-bond acceptors (Lipinski definition) is 4.